The number of esters is 1. The number of allylic oxidation sites excluding steroid dienone is 4. The van der Waals surface area contributed by atoms with Crippen LogP contribution in [0.1, 0.15) is 43.6 Å². The summed E-state index contributed by atoms with van der Waals surface area (Å²) in [6.45, 7) is 33.4. The monoisotopic (exact) mass is 538 g/mol. The van der Waals surface area contributed by atoms with Crippen LogP contribution in [0, 0.1) is 0 Å². The molecule has 2 rings (SSSR count). The third-order valence-electron chi connectivity index (χ3n) is 5.31. The SMILES string of the molecule is C=C(C)C(=C)Oc1ccc(/C=C/C(=O)c2ccc(OC(=C)C(=C)C)cc2OC(=O)C(=C)C)c(OC(=C)C(=C)C)c1. The minimum Gasteiger partial charge on any atom is -0.458 e. The predicted molar refractivity (Wildman–Crippen MR) is 160 cm³/mol. The highest BCUT2D eigenvalue weighted by Gasteiger charge is 2.17. The molecular weight excluding hydrogens is 504 g/mol. The fraction of sp³-hybridized carbons (Fsp3) is 0.118. The lowest BCUT2D eigenvalue weighted by Gasteiger charge is -2.14. The summed E-state index contributed by atoms with van der Waals surface area (Å²) < 4.78 is 22.7. The van der Waals surface area contributed by atoms with Crippen molar-refractivity contribution < 1.29 is 28.5 Å². The van der Waals surface area contributed by atoms with E-state index in [9.17, 15) is 9.59 Å². The predicted octanol–water partition coefficient (Wildman–Crippen LogP) is 8.47. The number of rotatable bonds is 14. The molecule has 0 saturated carbocycles. The molecule has 6 heteroatoms. The zero-order chi connectivity index (χ0) is 30.1. The highest BCUT2D eigenvalue weighted by molar-refractivity contribution is 6.09. The van der Waals surface area contributed by atoms with E-state index in [0.717, 1.165) is 0 Å². The summed E-state index contributed by atoms with van der Waals surface area (Å²) in [5, 5.41) is 0. The van der Waals surface area contributed by atoms with Crippen LogP contribution < -0.4 is 18.9 Å². The van der Waals surface area contributed by atoms with Crippen molar-refractivity contribution in [1.29, 1.82) is 0 Å². The van der Waals surface area contributed by atoms with Crippen molar-refractivity contribution in [2.75, 3.05) is 0 Å². The fourth-order valence-electron chi connectivity index (χ4n) is 2.78. The Labute approximate surface area is 236 Å². The highest BCUT2D eigenvalue weighted by Crippen LogP contribution is 2.32. The molecule has 0 aliphatic carbocycles. The van der Waals surface area contributed by atoms with Crippen molar-refractivity contribution in [1.82, 2.24) is 0 Å². The van der Waals surface area contributed by atoms with Crippen LogP contribution in [0.4, 0.5) is 0 Å². The lowest BCUT2D eigenvalue weighted by Crippen LogP contribution is -2.11. The second-order valence-corrected chi connectivity index (χ2v) is 9.14. The summed E-state index contributed by atoms with van der Waals surface area (Å²) in [5.41, 5.74) is 2.78. The quantitative estimate of drug-likeness (QED) is 0.0600. The van der Waals surface area contributed by atoms with Gasteiger partial charge in [0, 0.05) is 23.3 Å². The molecule has 0 saturated heterocycles. The van der Waals surface area contributed by atoms with Gasteiger partial charge in [0.05, 0.1) is 5.56 Å². The van der Waals surface area contributed by atoms with Crippen LogP contribution in [0.15, 0.2) is 128 Å². The molecule has 0 aliphatic heterocycles. The number of ether oxygens (including phenoxy) is 4. The summed E-state index contributed by atoms with van der Waals surface area (Å²) in [5.74, 6) is 1.12. The standard InChI is InChI=1S/C34H34O6/c1-20(2)24(9)37-28-14-12-27(32(18-28)39-26(11)22(5)6)13-17-31(35)30-16-15-29(38-25(10)21(3)4)19-33(30)40-34(36)23(7)8/h12-19H,1,3,5,7,9-11H2,2,4,6,8H3/b17-13+. The van der Waals surface area contributed by atoms with Gasteiger partial charge in [-0.1, -0.05) is 46.1 Å². The molecule has 2 aromatic rings. The van der Waals surface area contributed by atoms with Gasteiger partial charge < -0.3 is 18.9 Å². The molecule has 0 aromatic heterocycles. The van der Waals surface area contributed by atoms with Crippen LogP contribution in [0.3, 0.4) is 0 Å². The van der Waals surface area contributed by atoms with E-state index in [-0.39, 0.29) is 16.9 Å². The van der Waals surface area contributed by atoms with Gasteiger partial charge in [-0.3, -0.25) is 4.79 Å². The number of carbonyl (C=O) groups excluding carboxylic acids is 2. The first-order chi connectivity index (χ1) is 18.7. The van der Waals surface area contributed by atoms with E-state index in [1.807, 2.05) is 0 Å². The number of carbonyl (C=O) groups is 2. The number of benzene rings is 2. The minimum absolute atomic E-state index is 0.00357. The molecule has 0 heterocycles. The molecule has 0 fully saturated rings. The third-order valence-corrected chi connectivity index (χ3v) is 5.31. The summed E-state index contributed by atoms with van der Waals surface area (Å²) in [4.78, 5) is 25.6. The Kier molecular flexibility index (Phi) is 10.6. The van der Waals surface area contributed by atoms with Crippen molar-refractivity contribution in [3.63, 3.8) is 0 Å². The number of hydrogen-bond acceptors (Lipinski definition) is 6. The molecular formula is C34H34O6. The second-order valence-electron chi connectivity index (χ2n) is 9.14. The third kappa shape index (κ3) is 8.74. The van der Waals surface area contributed by atoms with Gasteiger partial charge in [-0.05, 0) is 80.8 Å². The highest BCUT2D eigenvalue weighted by atomic mass is 16.5. The molecule has 0 unspecified atom stereocenters. The zero-order valence-electron chi connectivity index (χ0n) is 23.5. The van der Waals surface area contributed by atoms with Gasteiger partial charge in [0.15, 0.2) is 5.78 Å². The molecule has 6 nitrogen and oxygen atoms in total. The molecule has 0 amide bonds. The summed E-state index contributed by atoms with van der Waals surface area (Å²) in [7, 11) is 0. The summed E-state index contributed by atoms with van der Waals surface area (Å²) in [6.07, 6.45) is 2.90. The van der Waals surface area contributed by atoms with Gasteiger partial charge in [0.1, 0.15) is 40.3 Å². The Hall–Kier alpha value is -5.10. The van der Waals surface area contributed by atoms with Crippen molar-refractivity contribution in [3.05, 3.63) is 139 Å². The molecule has 0 N–H and O–H groups in total. The largest absolute Gasteiger partial charge is 0.458 e. The van der Waals surface area contributed by atoms with Crippen molar-refractivity contribution >= 4 is 17.8 Å². The van der Waals surface area contributed by atoms with E-state index < -0.39 is 11.8 Å². The van der Waals surface area contributed by atoms with Gasteiger partial charge in [0.2, 0.25) is 0 Å². The summed E-state index contributed by atoms with van der Waals surface area (Å²) in [6, 6.07) is 9.56. The van der Waals surface area contributed by atoms with E-state index in [2.05, 4.69) is 46.1 Å². The molecule has 0 bridgehead atoms. The lowest BCUT2D eigenvalue weighted by atomic mass is 10.1. The Balaban J connectivity index is 2.47. The molecule has 0 aliphatic rings. The first kappa shape index (κ1) is 31.1. The van der Waals surface area contributed by atoms with Gasteiger partial charge in [-0.25, -0.2) is 4.79 Å². The van der Waals surface area contributed by atoms with E-state index in [4.69, 9.17) is 18.9 Å². The zero-order valence-corrected chi connectivity index (χ0v) is 23.5. The van der Waals surface area contributed by atoms with Crippen molar-refractivity contribution in [3.8, 4) is 23.0 Å². The van der Waals surface area contributed by atoms with Crippen molar-refractivity contribution in [2.24, 2.45) is 0 Å². The van der Waals surface area contributed by atoms with Gasteiger partial charge in [-0.15, -0.1) is 0 Å². The Morgan fingerprint density at radius 1 is 0.600 bits per heavy atom. The topological polar surface area (TPSA) is 71.1 Å². The van der Waals surface area contributed by atoms with E-state index >= 15 is 0 Å². The van der Waals surface area contributed by atoms with Gasteiger partial charge in [-0.2, -0.15) is 0 Å². The van der Waals surface area contributed by atoms with Crippen LogP contribution in [0.5, 0.6) is 23.0 Å². The fourth-order valence-corrected chi connectivity index (χ4v) is 2.78. The smallest absolute Gasteiger partial charge is 0.338 e. The maximum atomic E-state index is 13.3. The maximum absolute atomic E-state index is 13.3. The van der Waals surface area contributed by atoms with Gasteiger partial charge in [0.25, 0.3) is 0 Å². The Morgan fingerprint density at radius 3 is 1.57 bits per heavy atom. The first-order valence-electron chi connectivity index (χ1n) is 12.2. The maximum Gasteiger partial charge on any atom is 0.338 e. The lowest BCUT2D eigenvalue weighted by molar-refractivity contribution is -0.130. The molecule has 206 valence electrons. The normalized spacial score (nSPS) is 10.3. The number of ketones is 1. The molecule has 0 atom stereocenters. The van der Waals surface area contributed by atoms with Crippen molar-refractivity contribution in [2.45, 2.75) is 27.7 Å². The first-order valence-corrected chi connectivity index (χ1v) is 12.2. The minimum atomic E-state index is -0.685. The summed E-state index contributed by atoms with van der Waals surface area (Å²) >= 11 is 0. The molecule has 40 heavy (non-hydrogen) atoms. The van der Waals surface area contributed by atoms with Crippen LogP contribution >= 0.6 is 0 Å². The molecule has 0 spiro atoms. The van der Waals surface area contributed by atoms with E-state index in [1.165, 1.54) is 25.1 Å². The van der Waals surface area contributed by atoms with E-state index in [1.54, 1.807) is 51.1 Å². The average Bonchev–Trinajstić information content (AvgIpc) is 2.87. The van der Waals surface area contributed by atoms with Crippen LogP contribution in [0.2, 0.25) is 0 Å². The van der Waals surface area contributed by atoms with E-state index in [0.29, 0.717) is 56.8 Å². The Bertz CT molecular complexity index is 1480. The number of hydrogen-bond donors (Lipinski definition) is 0. The second kappa shape index (κ2) is 13.6. The van der Waals surface area contributed by atoms with Crippen LogP contribution in [0.25, 0.3) is 6.08 Å². The van der Waals surface area contributed by atoms with Crippen LogP contribution in [-0.2, 0) is 4.79 Å². The molecule has 2 aromatic carbocycles. The van der Waals surface area contributed by atoms with Gasteiger partial charge >= 0.3 is 5.97 Å². The Morgan fingerprint density at radius 2 is 1.07 bits per heavy atom. The molecule has 0 radical (unpaired) electrons. The average molecular weight is 539 g/mol. The van der Waals surface area contributed by atoms with Crippen LogP contribution in [-0.4, -0.2) is 11.8 Å².